The topological polar surface area (TPSA) is 62.2 Å². The number of aromatic nitrogens is 1. The Kier molecular flexibility index (Phi) is 5.28. The maximum absolute atomic E-state index is 11.4. The van der Waals surface area contributed by atoms with Gasteiger partial charge in [-0.05, 0) is 18.8 Å². The molecule has 1 unspecified atom stereocenters. The highest BCUT2D eigenvalue weighted by molar-refractivity contribution is 7.11. The van der Waals surface area contributed by atoms with Gasteiger partial charge < -0.3 is 10.4 Å². The van der Waals surface area contributed by atoms with Crippen molar-refractivity contribution in [1.29, 1.82) is 0 Å². The molecule has 15 heavy (non-hydrogen) atoms. The van der Waals surface area contributed by atoms with Crippen LogP contribution in [0.5, 0.6) is 0 Å². The summed E-state index contributed by atoms with van der Waals surface area (Å²) < 4.78 is 0. The molecule has 84 valence electrons. The van der Waals surface area contributed by atoms with Crippen molar-refractivity contribution >= 4 is 17.2 Å². The molecule has 1 atom stereocenters. The number of nitrogens with zero attached hydrogens (tertiary/aromatic N) is 1. The summed E-state index contributed by atoms with van der Waals surface area (Å²) in [6.07, 6.45) is 3.39. The summed E-state index contributed by atoms with van der Waals surface area (Å²) in [6.45, 7) is 2.86. The Morgan fingerprint density at radius 3 is 3.13 bits per heavy atom. The number of hydrogen-bond donors (Lipinski definition) is 2. The highest BCUT2D eigenvalue weighted by atomic mass is 32.1. The van der Waals surface area contributed by atoms with E-state index in [1.807, 2.05) is 6.92 Å². The van der Waals surface area contributed by atoms with Crippen LogP contribution in [0.4, 0.5) is 0 Å². The molecule has 0 saturated carbocycles. The molecule has 1 heterocycles. The maximum atomic E-state index is 11.4. The van der Waals surface area contributed by atoms with Gasteiger partial charge >= 0.3 is 0 Å². The van der Waals surface area contributed by atoms with Crippen LogP contribution in [0.2, 0.25) is 0 Å². The summed E-state index contributed by atoms with van der Waals surface area (Å²) in [5, 5.41) is 11.6. The van der Waals surface area contributed by atoms with Gasteiger partial charge in [-0.3, -0.25) is 9.78 Å². The van der Waals surface area contributed by atoms with E-state index in [1.54, 1.807) is 11.7 Å². The lowest BCUT2D eigenvalue weighted by Crippen LogP contribution is -2.24. The molecule has 0 aliphatic carbocycles. The number of carbonyl (C=O) groups excluding carboxylic acids is 1. The molecule has 0 saturated heterocycles. The maximum Gasteiger partial charge on any atom is 0.262 e. The van der Waals surface area contributed by atoms with Gasteiger partial charge in [-0.15, -0.1) is 11.3 Å². The summed E-state index contributed by atoms with van der Waals surface area (Å²) in [6, 6.07) is 0. The molecular weight excluding hydrogens is 212 g/mol. The number of amides is 1. The minimum atomic E-state index is -0.0610. The van der Waals surface area contributed by atoms with E-state index in [0.29, 0.717) is 17.3 Å². The molecule has 2 N–H and O–H groups in total. The van der Waals surface area contributed by atoms with Crippen molar-refractivity contribution in [2.75, 3.05) is 13.2 Å². The van der Waals surface area contributed by atoms with Gasteiger partial charge in [0, 0.05) is 13.2 Å². The van der Waals surface area contributed by atoms with Crippen LogP contribution >= 0.6 is 11.3 Å². The molecule has 1 aromatic heterocycles. The lowest BCUT2D eigenvalue weighted by atomic mass is 10.1. The highest BCUT2D eigenvalue weighted by Gasteiger charge is 2.06. The van der Waals surface area contributed by atoms with E-state index in [4.69, 9.17) is 5.11 Å². The Morgan fingerprint density at radius 2 is 2.53 bits per heavy atom. The standard InChI is InChI=1S/C10H16N2O2S/c1-8(6-13)3-2-4-12-10(14)9-5-11-7-15-9/h5,7-8,13H,2-4,6H2,1H3,(H,12,14). The van der Waals surface area contributed by atoms with Crippen molar-refractivity contribution in [3.05, 3.63) is 16.6 Å². The van der Waals surface area contributed by atoms with Crippen molar-refractivity contribution in [3.63, 3.8) is 0 Å². The largest absolute Gasteiger partial charge is 0.396 e. The third-order valence-electron chi connectivity index (χ3n) is 2.13. The second kappa shape index (κ2) is 6.53. The number of carbonyl (C=O) groups is 1. The van der Waals surface area contributed by atoms with Gasteiger partial charge in [0.05, 0.1) is 11.7 Å². The first-order valence-corrected chi connectivity index (χ1v) is 5.89. The minimum absolute atomic E-state index is 0.0610. The van der Waals surface area contributed by atoms with Gasteiger partial charge in [0.2, 0.25) is 0 Å². The van der Waals surface area contributed by atoms with Crippen LogP contribution in [0.25, 0.3) is 0 Å². The van der Waals surface area contributed by atoms with Crippen LogP contribution in [-0.2, 0) is 0 Å². The predicted octanol–water partition coefficient (Wildman–Crippen LogP) is 1.28. The Bertz CT molecular complexity index is 288. The first-order chi connectivity index (χ1) is 7.24. The van der Waals surface area contributed by atoms with E-state index < -0.39 is 0 Å². The minimum Gasteiger partial charge on any atom is -0.396 e. The molecular formula is C10H16N2O2S. The average Bonchev–Trinajstić information content (AvgIpc) is 2.77. The number of nitrogens with one attached hydrogen (secondary N) is 1. The molecule has 0 radical (unpaired) electrons. The Labute approximate surface area is 93.4 Å². The Balaban J connectivity index is 2.13. The van der Waals surface area contributed by atoms with Gasteiger partial charge in [-0.1, -0.05) is 6.92 Å². The molecule has 0 aromatic carbocycles. The van der Waals surface area contributed by atoms with Crippen LogP contribution in [0.3, 0.4) is 0 Å². The number of rotatable bonds is 6. The molecule has 4 nitrogen and oxygen atoms in total. The monoisotopic (exact) mass is 228 g/mol. The second-order valence-corrected chi connectivity index (χ2v) is 4.44. The Hall–Kier alpha value is -0.940. The zero-order chi connectivity index (χ0) is 11.1. The van der Waals surface area contributed by atoms with E-state index in [0.717, 1.165) is 12.8 Å². The molecule has 0 aliphatic heterocycles. The van der Waals surface area contributed by atoms with E-state index in [9.17, 15) is 4.79 Å². The number of thiazole rings is 1. The number of aliphatic hydroxyl groups excluding tert-OH is 1. The quantitative estimate of drug-likeness (QED) is 0.721. The van der Waals surface area contributed by atoms with Crippen LogP contribution in [0.1, 0.15) is 29.4 Å². The van der Waals surface area contributed by atoms with E-state index >= 15 is 0 Å². The van der Waals surface area contributed by atoms with E-state index in [-0.39, 0.29) is 12.5 Å². The van der Waals surface area contributed by atoms with Crippen LogP contribution in [-0.4, -0.2) is 29.1 Å². The SMILES string of the molecule is CC(CO)CCCNC(=O)c1cncs1. The lowest BCUT2D eigenvalue weighted by Gasteiger charge is -2.07. The van der Waals surface area contributed by atoms with Crippen LogP contribution in [0, 0.1) is 5.92 Å². The van der Waals surface area contributed by atoms with E-state index in [1.165, 1.54) is 11.3 Å². The smallest absolute Gasteiger partial charge is 0.262 e. The predicted molar refractivity (Wildman–Crippen MR) is 59.9 cm³/mol. The lowest BCUT2D eigenvalue weighted by molar-refractivity contribution is 0.0956. The van der Waals surface area contributed by atoms with Crippen molar-refractivity contribution in [3.8, 4) is 0 Å². The number of hydrogen-bond acceptors (Lipinski definition) is 4. The van der Waals surface area contributed by atoms with Crippen molar-refractivity contribution in [2.24, 2.45) is 5.92 Å². The molecule has 1 aromatic rings. The van der Waals surface area contributed by atoms with Crippen molar-refractivity contribution in [2.45, 2.75) is 19.8 Å². The molecule has 1 rings (SSSR count). The fourth-order valence-electron chi connectivity index (χ4n) is 1.16. The first kappa shape index (κ1) is 12.1. The van der Waals surface area contributed by atoms with Gasteiger partial charge in [0.1, 0.15) is 4.88 Å². The van der Waals surface area contributed by atoms with Gasteiger partial charge in [-0.2, -0.15) is 0 Å². The zero-order valence-electron chi connectivity index (χ0n) is 8.77. The summed E-state index contributed by atoms with van der Waals surface area (Å²) in [7, 11) is 0. The summed E-state index contributed by atoms with van der Waals surface area (Å²) in [4.78, 5) is 15.9. The van der Waals surface area contributed by atoms with Gasteiger partial charge in [0.15, 0.2) is 0 Å². The number of aliphatic hydroxyl groups is 1. The van der Waals surface area contributed by atoms with Crippen LogP contribution in [0.15, 0.2) is 11.7 Å². The van der Waals surface area contributed by atoms with Crippen molar-refractivity contribution < 1.29 is 9.90 Å². The first-order valence-electron chi connectivity index (χ1n) is 5.01. The summed E-state index contributed by atoms with van der Waals surface area (Å²) >= 11 is 1.34. The molecule has 0 aliphatic rings. The van der Waals surface area contributed by atoms with E-state index in [2.05, 4.69) is 10.3 Å². The molecule has 1 amide bonds. The van der Waals surface area contributed by atoms with Gasteiger partial charge in [-0.25, -0.2) is 0 Å². The fourth-order valence-corrected chi connectivity index (χ4v) is 1.69. The third kappa shape index (κ3) is 4.40. The molecule has 0 fully saturated rings. The Morgan fingerprint density at radius 1 is 1.73 bits per heavy atom. The summed E-state index contributed by atoms with van der Waals surface area (Å²) in [5.74, 6) is 0.249. The fraction of sp³-hybridized carbons (Fsp3) is 0.600. The molecule has 0 spiro atoms. The zero-order valence-corrected chi connectivity index (χ0v) is 9.59. The highest BCUT2D eigenvalue weighted by Crippen LogP contribution is 2.06. The summed E-state index contributed by atoms with van der Waals surface area (Å²) in [5.41, 5.74) is 1.64. The average molecular weight is 228 g/mol. The molecule has 0 bridgehead atoms. The van der Waals surface area contributed by atoms with Crippen LogP contribution < -0.4 is 5.32 Å². The normalized spacial score (nSPS) is 12.4. The van der Waals surface area contributed by atoms with Crippen molar-refractivity contribution in [1.82, 2.24) is 10.3 Å². The van der Waals surface area contributed by atoms with Gasteiger partial charge in [0.25, 0.3) is 5.91 Å². The molecule has 5 heteroatoms. The second-order valence-electron chi connectivity index (χ2n) is 3.55. The third-order valence-corrected chi connectivity index (χ3v) is 2.90.